The maximum Gasteiger partial charge on any atom is 0.257 e. The molecule has 1 amide bonds. The zero-order chi connectivity index (χ0) is 19.8. The van der Waals surface area contributed by atoms with E-state index < -0.39 is 27.6 Å². The molecule has 0 atom stereocenters. The number of amides is 1. The van der Waals surface area contributed by atoms with Gasteiger partial charge in [0.25, 0.3) is 5.91 Å². The summed E-state index contributed by atoms with van der Waals surface area (Å²) in [4.78, 5) is 17.4. The standard InChI is InChI=1S/C16H13Cl2F2N3O3S/c17-14-4-2-11(15(18)21-14)16(24)22-5-7-23(8-6-22)27(25,26)10-1-3-12(19)13(20)9-10/h1-4,9H,5-8H2. The van der Waals surface area contributed by atoms with E-state index >= 15 is 0 Å². The van der Waals surface area contributed by atoms with E-state index in [2.05, 4.69) is 4.98 Å². The van der Waals surface area contributed by atoms with Crippen LogP contribution in [0.1, 0.15) is 10.4 Å². The molecule has 0 radical (unpaired) electrons. The van der Waals surface area contributed by atoms with Gasteiger partial charge in [-0.3, -0.25) is 4.79 Å². The topological polar surface area (TPSA) is 70.6 Å². The number of aromatic nitrogens is 1. The van der Waals surface area contributed by atoms with Crippen LogP contribution in [0.3, 0.4) is 0 Å². The van der Waals surface area contributed by atoms with E-state index in [0.717, 1.165) is 16.4 Å². The Morgan fingerprint density at radius 1 is 1.00 bits per heavy atom. The largest absolute Gasteiger partial charge is 0.336 e. The lowest BCUT2D eigenvalue weighted by Crippen LogP contribution is -2.50. The van der Waals surface area contributed by atoms with Gasteiger partial charge in [-0.2, -0.15) is 4.31 Å². The minimum absolute atomic E-state index is 0.00566. The molecule has 1 aromatic heterocycles. The first-order valence-electron chi connectivity index (χ1n) is 7.76. The molecule has 0 saturated carbocycles. The van der Waals surface area contributed by atoms with E-state index in [4.69, 9.17) is 23.2 Å². The van der Waals surface area contributed by atoms with Gasteiger partial charge < -0.3 is 4.90 Å². The van der Waals surface area contributed by atoms with Gasteiger partial charge >= 0.3 is 0 Å². The number of hydrogen-bond acceptors (Lipinski definition) is 4. The van der Waals surface area contributed by atoms with Crippen molar-refractivity contribution in [3.63, 3.8) is 0 Å². The Labute approximate surface area is 164 Å². The second kappa shape index (κ2) is 7.67. The summed E-state index contributed by atoms with van der Waals surface area (Å²) < 4.78 is 52.7. The van der Waals surface area contributed by atoms with E-state index in [1.54, 1.807) is 0 Å². The molecule has 6 nitrogen and oxygen atoms in total. The molecule has 2 aromatic rings. The molecule has 1 aromatic carbocycles. The van der Waals surface area contributed by atoms with Crippen molar-refractivity contribution in [3.05, 3.63) is 57.8 Å². The minimum atomic E-state index is -4.00. The SMILES string of the molecule is O=C(c1ccc(Cl)nc1Cl)N1CCN(S(=O)(=O)c2ccc(F)c(F)c2)CC1. The van der Waals surface area contributed by atoms with E-state index in [-0.39, 0.29) is 46.9 Å². The van der Waals surface area contributed by atoms with Crippen LogP contribution in [0.5, 0.6) is 0 Å². The Balaban J connectivity index is 1.72. The van der Waals surface area contributed by atoms with Crippen LogP contribution in [-0.2, 0) is 10.0 Å². The zero-order valence-electron chi connectivity index (χ0n) is 13.7. The maximum atomic E-state index is 13.4. The van der Waals surface area contributed by atoms with Crippen LogP contribution in [0, 0.1) is 11.6 Å². The Kier molecular flexibility index (Phi) is 5.66. The third-order valence-electron chi connectivity index (χ3n) is 4.10. The van der Waals surface area contributed by atoms with E-state index in [1.165, 1.54) is 17.0 Å². The molecule has 144 valence electrons. The van der Waals surface area contributed by atoms with Crippen molar-refractivity contribution in [2.45, 2.75) is 4.90 Å². The van der Waals surface area contributed by atoms with Crippen LogP contribution in [0.25, 0.3) is 0 Å². The van der Waals surface area contributed by atoms with Gasteiger partial charge in [-0.15, -0.1) is 0 Å². The van der Waals surface area contributed by atoms with Gasteiger partial charge in [0.2, 0.25) is 10.0 Å². The summed E-state index contributed by atoms with van der Waals surface area (Å²) in [6.07, 6.45) is 0. The summed E-state index contributed by atoms with van der Waals surface area (Å²) in [7, 11) is -4.00. The van der Waals surface area contributed by atoms with Gasteiger partial charge in [-0.25, -0.2) is 22.2 Å². The van der Waals surface area contributed by atoms with Crippen LogP contribution < -0.4 is 0 Å². The van der Waals surface area contributed by atoms with Crippen molar-refractivity contribution in [2.75, 3.05) is 26.2 Å². The number of halogens is 4. The Morgan fingerprint density at radius 3 is 2.26 bits per heavy atom. The molecule has 27 heavy (non-hydrogen) atoms. The lowest BCUT2D eigenvalue weighted by molar-refractivity contribution is 0.0697. The van der Waals surface area contributed by atoms with Gasteiger partial charge in [0, 0.05) is 26.2 Å². The maximum absolute atomic E-state index is 13.4. The van der Waals surface area contributed by atoms with Crippen molar-refractivity contribution in [2.24, 2.45) is 0 Å². The number of benzene rings is 1. The molecule has 11 heteroatoms. The zero-order valence-corrected chi connectivity index (χ0v) is 16.0. The normalized spacial score (nSPS) is 15.8. The minimum Gasteiger partial charge on any atom is -0.336 e. The molecule has 0 unspecified atom stereocenters. The molecule has 1 fully saturated rings. The van der Waals surface area contributed by atoms with Crippen LogP contribution >= 0.6 is 23.2 Å². The first-order valence-corrected chi connectivity index (χ1v) is 9.96. The quantitative estimate of drug-likeness (QED) is 0.694. The molecule has 3 rings (SSSR count). The van der Waals surface area contributed by atoms with Crippen LogP contribution in [-0.4, -0.2) is 54.7 Å². The molecule has 1 aliphatic rings. The number of pyridine rings is 1. The van der Waals surface area contributed by atoms with Crippen LogP contribution in [0.2, 0.25) is 10.3 Å². The van der Waals surface area contributed by atoms with Crippen LogP contribution in [0.4, 0.5) is 8.78 Å². The van der Waals surface area contributed by atoms with Gasteiger partial charge in [-0.05, 0) is 30.3 Å². The summed E-state index contributed by atoms with van der Waals surface area (Å²) in [5, 5.41) is 0.114. The monoisotopic (exact) mass is 435 g/mol. The van der Waals surface area contributed by atoms with Gasteiger partial charge in [0.05, 0.1) is 10.5 Å². The number of hydrogen-bond donors (Lipinski definition) is 0. The van der Waals surface area contributed by atoms with Crippen LogP contribution in [0.15, 0.2) is 35.2 Å². The van der Waals surface area contributed by atoms with Crippen molar-refractivity contribution in [1.82, 2.24) is 14.2 Å². The average Bonchev–Trinajstić information content (AvgIpc) is 2.63. The second-order valence-electron chi connectivity index (χ2n) is 5.74. The Bertz CT molecular complexity index is 996. The summed E-state index contributed by atoms with van der Waals surface area (Å²) in [6.45, 7) is 0.235. The fraction of sp³-hybridized carbons (Fsp3) is 0.250. The molecule has 1 saturated heterocycles. The van der Waals surface area contributed by atoms with E-state index in [9.17, 15) is 22.0 Å². The predicted octanol–water partition coefficient (Wildman–Crippen LogP) is 2.81. The Morgan fingerprint density at radius 2 is 1.67 bits per heavy atom. The summed E-state index contributed by atoms with van der Waals surface area (Å²) in [5.74, 6) is -2.76. The fourth-order valence-corrected chi connectivity index (χ4v) is 4.52. The number of piperazine rings is 1. The third-order valence-corrected chi connectivity index (χ3v) is 6.49. The van der Waals surface area contributed by atoms with Crippen molar-refractivity contribution >= 4 is 39.1 Å². The number of carbonyl (C=O) groups is 1. The summed E-state index contributed by atoms with van der Waals surface area (Å²) in [6, 6.07) is 5.29. The molecule has 2 heterocycles. The third kappa shape index (κ3) is 4.06. The summed E-state index contributed by atoms with van der Waals surface area (Å²) >= 11 is 11.6. The number of nitrogens with zero attached hydrogens (tertiary/aromatic N) is 3. The highest BCUT2D eigenvalue weighted by Crippen LogP contribution is 2.22. The lowest BCUT2D eigenvalue weighted by atomic mass is 10.2. The molecular formula is C16H13Cl2F2N3O3S. The molecule has 0 aliphatic carbocycles. The number of sulfonamides is 1. The molecule has 0 N–H and O–H groups in total. The Hall–Kier alpha value is -1.81. The van der Waals surface area contributed by atoms with Crippen molar-refractivity contribution in [3.8, 4) is 0 Å². The smallest absolute Gasteiger partial charge is 0.257 e. The van der Waals surface area contributed by atoms with Gasteiger partial charge in [0.15, 0.2) is 11.6 Å². The van der Waals surface area contributed by atoms with E-state index in [0.29, 0.717) is 6.07 Å². The number of carbonyl (C=O) groups excluding carboxylic acids is 1. The van der Waals surface area contributed by atoms with E-state index in [1.807, 2.05) is 0 Å². The van der Waals surface area contributed by atoms with Gasteiger partial charge in [-0.1, -0.05) is 23.2 Å². The average molecular weight is 436 g/mol. The number of rotatable bonds is 3. The molecule has 0 spiro atoms. The first kappa shape index (κ1) is 19.9. The van der Waals surface area contributed by atoms with Gasteiger partial charge in [0.1, 0.15) is 10.3 Å². The van der Waals surface area contributed by atoms with Crippen molar-refractivity contribution < 1.29 is 22.0 Å². The lowest BCUT2D eigenvalue weighted by Gasteiger charge is -2.34. The highest BCUT2D eigenvalue weighted by Gasteiger charge is 2.31. The molecule has 0 bridgehead atoms. The highest BCUT2D eigenvalue weighted by atomic mass is 35.5. The second-order valence-corrected chi connectivity index (χ2v) is 8.43. The molecule has 1 aliphatic heterocycles. The molecular weight excluding hydrogens is 423 g/mol. The predicted molar refractivity (Wildman–Crippen MR) is 95.3 cm³/mol. The summed E-state index contributed by atoms with van der Waals surface area (Å²) in [5.41, 5.74) is 0.165. The highest BCUT2D eigenvalue weighted by molar-refractivity contribution is 7.89. The fourth-order valence-electron chi connectivity index (χ4n) is 2.66. The first-order chi connectivity index (χ1) is 12.7. The van der Waals surface area contributed by atoms with Crippen molar-refractivity contribution in [1.29, 1.82) is 0 Å².